The Morgan fingerprint density at radius 3 is 2.64 bits per heavy atom. The van der Waals surface area contributed by atoms with E-state index in [1.54, 1.807) is 0 Å². The zero-order valence-corrected chi connectivity index (χ0v) is 24.7. The summed E-state index contributed by atoms with van der Waals surface area (Å²) >= 11 is 0. The second-order valence-corrected chi connectivity index (χ2v) is 12.6. The lowest BCUT2D eigenvalue weighted by Gasteiger charge is -2.40. The summed E-state index contributed by atoms with van der Waals surface area (Å²) in [6.45, 7) is 4.13. The van der Waals surface area contributed by atoms with Gasteiger partial charge in [0.1, 0.15) is 17.6 Å². The number of carbonyl (C=O) groups excluding carboxylic acids is 3. The molecule has 8 nitrogen and oxygen atoms in total. The third kappa shape index (κ3) is 5.91. The number of carbonyl (C=O) groups is 3. The molecule has 4 aliphatic rings. The number of piperidine rings is 1. The summed E-state index contributed by atoms with van der Waals surface area (Å²) in [4.78, 5) is 43.4. The molecule has 1 aromatic heterocycles. The summed E-state index contributed by atoms with van der Waals surface area (Å²) in [6.07, 6.45) is 12.0. The van der Waals surface area contributed by atoms with Gasteiger partial charge in [0.05, 0.1) is 11.0 Å². The summed E-state index contributed by atoms with van der Waals surface area (Å²) in [6, 6.07) is 9.08. The highest BCUT2D eigenvalue weighted by Crippen LogP contribution is 2.36. The van der Waals surface area contributed by atoms with Crippen molar-refractivity contribution in [1.82, 2.24) is 15.5 Å². The first kappa shape index (κ1) is 28.7. The maximum atomic E-state index is 13.9. The molecule has 1 aromatic carbocycles. The highest BCUT2D eigenvalue weighted by Gasteiger charge is 2.42. The Hall–Kier alpha value is -3.39. The van der Waals surface area contributed by atoms with Crippen LogP contribution in [0.5, 0.6) is 0 Å². The summed E-state index contributed by atoms with van der Waals surface area (Å²) in [5.74, 6) is 1.60. The van der Waals surface area contributed by atoms with Gasteiger partial charge in [-0.3, -0.25) is 14.4 Å². The van der Waals surface area contributed by atoms with Crippen LogP contribution in [0.2, 0.25) is 0 Å². The standard InChI is InChI=1S/C34H43N3O5/c1-23-30(26-12-5-6-13-29(26)42-23)32(39)37-18-14-27-25(22-37)11-7-8-15-34(16-19-41-20-17-34)33(40)36-28(31(38)35-27)21-24-9-3-2-4-10-24/h2-4,7-10,25,27-28H,5-6,11-22H2,1H3,(H,35,38)(H,36,40)/b8-7+/t25-,27+,28+/m1/s1. The molecule has 1 spiro atoms. The van der Waals surface area contributed by atoms with Crippen LogP contribution < -0.4 is 10.6 Å². The van der Waals surface area contributed by atoms with Crippen LogP contribution >= 0.6 is 0 Å². The van der Waals surface area contributed by atoms with Gasteiger partial charge in [0, 0.05) is 56.7 Å². The van der Waals surface area contributed by atoms with Gasteiger partial charge in [0.25, 0.3) is 5.91 Å². The monoisotopic (exact) mass is 573 g/mol. The van der Waals surface area contributed by atoms with E-state index in [1.807, 2.05) is 42.2 Å². The zero-order chi connectivity index (χ0) is 29.1. The van der Waals surface area contributed by atoms with Crippen LogP contribution in [0.1, 0.15) is 78.0 Å². The van der Waals surface area contributed by atoms with Crippen molar-refractivity contribution in [2.75, 3.05) is 26.3 Å². The molecule has 2 saturated heterocycles. The van der Waals surface area contributed by atoms with Crippen molar-refractivity contribution < 1.29 is 23.5 Å². The molecule has 6 rings (SSSR count). The van der Waals surface area contributed by atoms with Gasteiger partial charge in [-0.1, -0.05) is 42.5 Å². The number of fused-ring (bicyclic) bond motifs is 2. The van der Waals surface area contributed by atoms with E-state index in [-0.39, 0.29) is 29.7 Å². The highest BCUT2D eigenvalue weighted by atomic mass is 16.5. The van der Waals surface area contributed by atoms with Gasteiger partial charge in [-0.25, -0.2) is 0 Å². The molecule has 0 bridgehead atoms. The zero-order valence-electron chi connectivity index (χ0n) is 24.7. The number of nitrogens with zero attached hydrogens (tertiary/aromatic N) is 1. The SMILES string of the molecule is Cc1oc2c(c1C(=O)N1CC[C@@H]3NC(=O)[C@H](Cc4ccccc4)NC(=O)C4(C/C=C/C[C@@H]3C1)CCOCC4)CCCC2. The molecular formula is C34H43N3O5. The number of benzene rings is 1. The number of likely N-dealkylation sites (tertiary alicyclic amines) is 1. The fourth-order valence-electron chi connectivity index (χ4n) is 7.31. The molecule has 0 radical (unpaired) electrons. The van der Waals surface area contributed by atoms with Crippen LogP contribution in [0.15, 0.2) is 46.9 Å². The first-order chi connectivity index (χ1) is 20.4. The third-order valence-corrected chi connectivity index (χ3v) is 9.86. The van der Waals surface area contributed by atoms with Crippen molar-refractivity contribution in [1.29, 1.82) is 0 Å². The van der Waals surface area contributed by atoms with Gasteiger partial charge >= 0.3 is 0 Å². The predicted octanol–water partition coefficient (Wildman–Crippen LogP) is 4.29. The number of ether oxygens (including phenoxy) is 1. The van der Waals surface area contributed by atoms with E-state index in [1.165, 1.54) is 0 Å². The number of rotatable bonds is 3. The van der Waals surface area contributed by atoms with E-state index in [9.17, 15) is 14.4 Å². The molecule has 42 heavy (non-hydrogen) atoms. The first-order valence-corrected chi connectivity index (χ1v) is 15.7. The Balaban J connectivity index is 1.25. The van der Waals surface area contributed by atoms with E-state index in [0.717, 1.165) is 60.3 Å². The number of amides is 3. The minimum atomic E-state index is -0.677. The minimum Gasteiger partial charge on any atom is -0.465 e. The van der Waals surface area contributed by atoms with Crippen LogP contribution in [0.25, 0.3) is 0 Å². The van der Waals surface area contributed by atoms with Crippen molar-refractivity contribution in [2.24, 2.45) is 11.3 Å². The Bertz CT molecular complexity index is 1330. The highest BCUT2D eigenvalue weighted by molar-refractivity contribution is 5.97. The number of hydrogen-bond acceptors (Lipinski definition) is 5. The smallest absolute Gasteiger partial charge is 0.257 e. The second-order valence-electron chi connectivity index (χ2n) is 12.6. The van der Waals surface area contributed by atoms with E-state index in [0.29, 0.717) is 58.4 Å². The molecule has 2 N–H and O–H groups in total. The molecule has 224 valence electrons. The van der Waals surface area contributed by atoms with E-state index >= 15 is 0 Å². The van der Waals surface area contributed by atoms with Crippen LogP contribution in [0.4, 0.5) is 0 Å². The van der Waals surface area contributed by atoms with Crippen LogP contribution in [0, 0.1) is 18.3 Å². The fraction of sp³-hybridized carbons (Fsp3) is 0.559. The molecule has 2 fully saturated rings. The lowest BCUT2D eigenvalue weighted by atomic mass is 9.75. The maximum absolute atomic E-state index is 13.9. The van der Waals surface area contributed by atoms with Crippen LogP contribution in [0.3, 0.4) is 0 Å². The van der Waals surface area contributed by atoms with Gasteiger partial charge in [0.15, 0.2) is 0 Å². The summed E-state index contributed by atoms with van der Waals surface area (Å²) in [7, 11) is 0. The van der Waals surface area contributed by atoms with Crippen molar-refractivity contribution in [3.05, 3.63) is 70.7 Å². The Kier molecular flexibility index (Phi) is 8.52. The molecular weight excluding hydrogens is 530 g/mol. The van der Waals surface area contributed by atoms with Crippen molar-refractivity contribution in [3.63, 3.8) is 0 Å². The van der Waals surface area contributed by atoms with Crippen molar-refractivity contribution in [2.45, 2.75) is 83.2 Å². The lowest BCUT2D eigenvalue weighted by Crippen LogP contribution is -2.58. The van der Waals surface area contributed by atoms with Gasteiger partial charge < -0.3 is 24.7 Å². The molecule has 3 amide bonds. The lowest BCUT2D eigenvalue weighted by molar-refractivity contribution is -0.140. The Labute approximate surface area is 248 Å². The molecule has 8 heteroatoms. The molecule has 0 unspecified atom stereocenters. The van der Waals surface area contributed by atoms with Gasteiger partial charge in [-0.2, -0.15) is 0 Å². The topological polar surface area (TPSA) is 101 Å². The predicted molar refractivity (Wildman–Crippen MR) is 159 cm³/mol. The summed E-state index contributed by atoms with van der Waals surface area (Å²) in [5, 5.41) is 6.46. The molecule has 1 aliphatic carbocycles. The number of nitrogens with one attached hydrogen (secondary N) is 2. The average molecular weight is 574 g/mol. The molecule has 2 aromatic rings. The molecule has 0 saturated carbocycles. The van der Waals surface area contributed by atoms with Gasteiger partial charge in [0.2, 0.25) is 11.8 Å². The maximum Gasteiger partial charge on any atom is 0.257 e. The normalized spacial score (nSPS) is 27.1. The molecule has 3 atom stereocenters. The van der Waals surface area contributed by atoms with Gasteiger partial charge in [-0.15, -0.1) is 0 Å². The number of aryl methyl sites for hydroxylation is 2. The average Bonchev–Trinajstić information content (AvgIpc) is 3.35. The van der Waals surface area contributed by atoms with Crippen LogP contribution in [-0.2, 0) is 33.6 Å². The Morgan fingerprint density at radius 1 is 1.05 bits per heavy atom. The third-order valence-electron chi connectivity index (χ3n) is 9.86. The fourth-order valence-corrected chi connectivity index (χ4v) is 7.31. The molecule has 4 heterocycles. The van der Waals surface area contributed by atoms with E-state index < -0.39 is 11.5 Å². The summed E-state index contributed by atoms with van der Waals surface area (Å²) < 4.78 is 11.6. The number of hydrogen-bond donors (Lipinski definition) is 2. The van der Waals surface area contributed by atoms with Crippen molar-refractivity contribution >= 4 is 17.7 Å². The van der Waals surface area contributed by atoms with Gasteiger partial charge in [-0.05, 0) is 63.9 Å². The van der Waals surface area contributed by atoms with Crippen LogP contribution in [-0.4, -0.2) is 61.0 Å². The largest absolute Gasteiger partial charge is 0.465 e. The second kappa shape index (κ2) is 12.5. The number of allylic oxidation sites excluding steroid dienone is 2. The minimum absolute atomic E-state index is 0.0506. The molecule has 3 aliphatic heterocycles. The summed E-state index contributed by atoms with van der Waals surface area (Å²) in [5.41, 5.74) is 2.26. The first-order valence-electron chi connectivity index (χ1n) is 15.7. The Morgan fingerprint density at radius 2 is 1.83 bits per heavy atom. The van der Waals surface area contributed by atoms with E-state index in [2.05, 4.69) is 22.8 Å². The van der Waals surface area contributed by atoms with E-state index in [4.69, 9.17) is 9.15 Å². The van der Waals surface area contributed by atoms with Crippen molar-refractivity contribution in [3.8, 4) is 0 Å². The quantitative estimate of drug-likeness (QED) is 0.534. The number of furan rings is 1.